The summed E-state index contributed by atoms with van der Waals surface area (Å²) in [5.41, 5.74) is -0.673. The van der Waals surface area contributed by atoms with Crippen LogP contribution in [-0.4, -0.2) is 87.6 Å². The maximum atomic E-state index is 14.8. The van der Waals surface area contributed by atoms with E-state index in [2.05, 4.69) is 12.2 Å². The minimum absolute atomic E-state index is 0.146. The van der Waals surface area contributed by atoms with Gasteiger partial charge < -0.3 is 29.7 Å². The SMILES string of the molecule is CCCC(C)N1C/C=C\CCC(=O)N[C@@H](C)[C@H](c2ccccc2)OC(=O)[C@@H]2[C@H]3C(=O)N([C@@H](CO)C(C)C)[C@H](C1=O)[C@]31C=C[C@H]2O1. The third-order valence-electron chi connectivity index (χ3n) is 9.87. The number of aliphatic hydroxyl groups is 1. The van der Waals surface area contributed by atoms with E-state index >= 15 is 0 Å². The number of cyclic esters (lactones) is 1. The summed E-state index contributed by atoms with van der Waals surface area (Å²) < 4.78 is 12.7. The predicted molar refractivity (Wildman–Crippen MR) is 167 cm³/mol. The highest BCUT2D eigenvalue weighted by atomic mass is 16.6. The van der Waals surface area contributed by atoms with Gasteiger partial charge in [0.25, 0.3) is 0 Å². The molecule has 0 aromatic heterocycles. The molecule has 10 heteroatoms. The lowest BCUT2D eigenvalue weighted by Crippen LogP contribution is -2.60. The second-order valence-corrected chi connectivity index (χ2v) is 13.2. The summed E-state index contributed by atoms with van der Waals surface area (Å²) in [6, 6.07) is 6.78. The van der Waals surface area contributed by atoms with Gasteiger partial charge in [-0.05, 0) is 38.2 Å². The minimum atomic E-state index is -1.38. The zero-order valence-electron chi connectivity index (χ0n) is 26.9. The number of nitrogens with zero attached hydrogens (tertiary/aromatic N) is 2. The largest absolute Gasteiger partial charge is 0.455 e. The summed E-state index contributed by atoms with van der Waals surface area (Å²) in [6.07, 6.45) is 8.08. The number of benzene rings is 1. The summed E-state index contributed by atoms with van der Waals surface area (Å²) in [6.45, 7) is 9.60. The first-order chi connectivity index (χ1) is 21.5. The van der Waals surface area contributed by atoms with E-state index < -0.39 is 59.6 Å². The highest BCUT2D eigenvalue weighted by Crippen LogP contribution is 2.56. The number of esters is 1. The molecule has 9 atom stereocenters. The summed E-state index contributed by atoms with van der Waals surface area (Å²) >= 11 is 0. The van der Waals surface area contributed by atoms with Crippen LogP contribution in [0.2, 0.25) is 0 Å². The zero-order valence-corrected chi connectivity index (χ0v) is 26.9. The Kier molecular flexibility index (Phi) is 9.84. The fourth-order valence-corrected chi connectivity index (χ4v) is 7.58. The van der Waals surface area contributed by atoms with Crippen molar-refractivity contribution in [2.24, 2.45) is 17.8 Å². The van der Waals surface area contributed by atoms with E-state index in [1.54, 1.807) is 24.0 Å². The Morgan fingerprint density at radius 1 is 1.07 bits per heavy atom. The third kappa shape index (κ3) is 5.94. The molecule has 5 rings (SSSR count). The molecular formula is C35H47N3O7. The number of nitrogens with one attached hydrogen (secondary N) is 1. The van der Waals surface area contributed by atoms with Crippen molar-refractivity contribution in [1.29, 1.82) is 0 Å². The minimum Gasteiger partial charge on any atom is -0.455 e. The Bertz CT molecular complexity index is 1330. The second kappa shape index (κ2) is 13.5. The van der Waals surface area contributed by atoms with Crippen molar-refractivity contribution in [3.8, 4) is 0 Å². The van der Waals surface area contributed by atoms with Crippen LogP contribution in [0.15, 0.2) is 54.6 Å². The van der Waals surface area contributed by atoms with Crippen LogP contribution >= 0.6 is 0 Å². The van der Waals surface area contributed by atoms with Gasteiger partial charge >= 0.3 is 5.97 Å². The number of ether oxygens (including phenoxy) is 2. The lowest BCUT2D eigenvalue weighted by Gasteiger charge is -2.41. The number of aliphatic hydroxyl groups excluding tert-OH is 1. The summed E-state index contributed by atoms with van der Waals surface area (Å²) in [7, 11) is 0. The van der Waals surface area contributed by atoms with Crippen LogP contribution < -0.4 is 5.32 Å². The van der Waals surface area contributed by atoms with Gasteiger partial charge in [0.2, 0.25) is 17.7 Å². The Balaban J connectivity index is 1.62. The molecule has 244 valence electrons. The van der Waals surface area contributed by atoms with Gasteiger partial charge in [0, 0.05) is 19.0 Å². The molecular weight excluding hydrogens is 574 g/mol. The van der Waals surface area contributed by atoms with E-state index in [-0.39, 0.29) is 43.3 Å². The molecule has 3 amide bonds. The fraction of sp³-hybridized carbons (Fsp3) is 0.600. The topological polar surface area (TPSA) is 125 Å². The first kappa shape index (κ1) is 32.9. The van der Waals surface area contributed by atoms with Gasteiger partial charge in [-0.3, -0.25) is 19.2 Å². The Labute approximate surface area is 265 Å². The smallest absolute Gasteiger partial charge is 0.313 e. The number of fused-ring (bicyclic) bond motifs is 2. The molecule has 4 heterocycles. The van der Waals surface area contributed by atoms with E-state index in [0.29, 0.717) is 12.0 Å². The van der Waals surface area contributed by atoms with Crippen molar-refractivity contribution in [3.63, 3.8) is 0 Å². The molecule has 4 aliphatic heterocycles. The van der Waals surface area contributed by atoms with Crippen LogP contribution in [0.25, 0.3) is 0 Å². The number of rotatable bonds is 7. The molecule has 2 fully saturated rings. The molecule has 1 spiro atoms. The zero-order chi connectivity index (χ0) is 32.5. The maximum Gasteiger partial charge on any atom is 0.313 e. The Hall–Kier alpha value is -3.50. The molecule has 45 heavy (non-hydrogen) atoms. The number of hydrogen-bond acceptors (Lipinski definition) is 7. The van der Waals surface area contributed by atoms with E-state index in [1.165, 1.54) is 4.90 Å². The lowest BCUT2D eigenvalue weighted by molar-refractivity contribution is -0.162. The molecule has 1 aromatic rings. The quantitative estimate of drug-likeness (QED) is 0.354. The number of allylic oxidation sites excluding steroid dienone is 1. The van der Waals surface area contributed by atoms with Gasteiger partial charge in [-0.15, -0.1) is 0 Å². The van der Waals surface area contributed by atoms with Crippen LogP contribution in [-0.2, 0) is 28.7 Å². The molecule has 0 radical (unpaired) electrons. The molecule has 0 aliphatic carbocycles. The van der Waals surface area contributed by atoms with E-state index in [9.17, 15) is 24.3 Å². The van der Waals surface area contributed by atoms with Crippen LogP contribution in [0.1, 0.15) is 72.0 Å². The normalized spacial score (nSPS) is 34.1. The van der Waals surface area contributed by atoms with E-state index in [0.717, 1.165) is 12.8 Å². The first-order valence-corrected chi connectivity index (χ1v) is 16.4. The molecule has 10 nitrogen and oxygen atoms in total. The lowest BCUT2D eigenvalue weighted by atomic mass is 9.74. The van der Waals surface area contributed by atoms with Crippen molar-refractivity contribution >= 4 is 23.7 Å². The summed E-state index contributed by atoms with van der Waals surface area (Å²) in [4.78, 5) is 59.7. The van der Waals surface area contributed by atoms with Crippen LogP contribution in [0, 0.1) is 17.8 Å². The maximum absolute atomic E-state index is 14.8. The fourth-order valence-electron chi connectivity index (χ4n) is 7.58. The average Bonchev–Trinajstić information content (AvgIpc) is 3.65. The standard InChI is InChI=1S/C35H47N3O7/c1-6-13-22(4)37-19-12-8-11-16-27(40)36-23(5)30(24-14-9-7-10-15-24)44-34(43)28-26-17-18-35(45-26)29(28)32(41)38(31(35)33(37)42)25(20-39)21(2)3/h7-10,12,14-15,17-18,21-23,25-26,28-31,39H,6,11,13,16,19-20H2,1-5H3,(H,36,40)/b12-8-/t22?,23-,25-,26+,28-,29-,30+,31+,35-/m0/s1. The number of carbonyl (C=O) groups is 4. The van der Waals surface area contributed by atoms with Gasteiger partial charge in [0.15, 0.2) is 0 Å². The molecule has 1 unspecified atom stereocenters. The number of hydrogen-bond donors (Lipinski definition) is 2. The van der Waals surface area contributed by atoms with Gasteiger partial charge in [-0.1, -0.05) is 81.8 Å². The molecule has 1 aromatic carbocycles. The van der Waals surface area contributed by atoms with Crippen molar-refractivity contribution in [2.75, 3.05) is 13.2 Å². The van der Waals surface area contributed by atoms with Crippen molar-refractivity contribution in [2.45, 2.75) is 102 Å². The number of likely N-dealkylation sites (tertiary alicyclic amines) is 1. The number of amides is 3. The molecule has 4 aliphatic rings. The van der Waals surface area contributed by atoms with Crippen LogP contribution in [0.5, 0.6) is 0 Å². The Morgan fingerprint density at radius 3 is 2.47 bits per heavy atom. The van der Waals surface area contributed by atoms with Crippen LogP contribution in [0.3, 0.4) is 0 Å². The molecule has 2 saturated heterocycles. The highest BCUT2D eigenvalue weighted by Gasteiger charge is 2.74. The van der Waals surface area contributed by atoms with Crippen LogP contribution in [0.4, 0.5) is 0 Å². The average molecular weight is 622 g/mol. The monoisotopic (exact) mass is 621 g/mol. The molecule has 0 saturated carbocycles. The van der Waals surface area contributed by atoms with Crippen molar-refractivity contribution < 1.29 is 33.8 Å². The Morgan fingerprint density at radius 2 is 1.80 bits per heavy atom. The third-order valence-corrected chi connectivity index (χ3v) is 9.87. The van der Waals surface area contributed by atoms with Gasteiger partial charge in [0.05, 0.1) is 30.7 Å². The summed E-state index contributed by atoms with van der Waals surface area (Å²) in [5.74, 6) is -3.65. The van der Waals surface area contributed by atoms with E-state index in [1.807, 2.05) is 63.3 Å². The predicted octanol–water partition coefficient (Wildman–Crippen LogP) is 3.31. The highest BCUT2D eigenvalue weighted by molar-refractivity contribution is 5.99. The van der Waals surface area contributed by atoms with Crippen molar-refractivity contribution in [1.82, 2.24) is 15.1 Å². The van der Waals surface area contributed by atoms with Gasteiger partial charge in [-0.25, -0.2) is 0 Å². The first-order valence-electron chi connectivity index (χ1n) is 16.4. The van der Waals surface area contributed by atoms with Gasteiger partial charge in [-0.2, -0.15) is 0 Å². The van der Waals surface area contributed by atoms with Crippen molar-refractivity contribution in [3.05, 3.63) is 60.2 Å². The molecule has 5 bridgehead atoms. The summed E-state index contributed by atoms with van der Waals surface area (Å²) in [5, 5.41) is 13.5. The van der Waals surface area contributed by atoms with Gasteiger partial charge in [0.1, 0.15) is 23.7 Å². The molecule has 2 N–H and O–H groups in total. The number of carbonyl (C=O) groups excluding carboxylic acids is 4. The van der Waals surface area contributed by atoms with E-state index in [4.69, 9.17) is 9.47 Å². The second-order valence-electron chi connectivity index (χ2n) is 13.2.